The third kappa shape index (κ3) is 5.90. The Morgan fingerprint density at radius 2 is 1.71 bits per heavy atom. The van der Waals surface area contributed by atoms with Crippen LogP contribution in [0.25, 0.3) is 5.69 Å². The van der Waals surface area contributed by atoms with Gasteiger partial charge in [-0.3, -0.25) is 10.1 Å². The Hall–Kier alpha value is -3.62. The largest absolute Gasteiger partial charge is 0.418 e. The molecular weight excluding hydrogens is 477 g/mol. The number of nitrogens with zero attached hydrogens (tertiary/aromatic N) is 2. The van der Waals surface area contributed by atoms with Gasteiger partial charge in [-0.25, -0.2) is 4.98 Å². The molecule has 0 bridgehead atoms. The summed E-state index contributed by atoms with van der Waals surface area (Å²) in [5.74, 6) is -0.620. The maximum atomic E-state index is 13.5. The molecule has 35 heavy (non-hydrogen) atoms. The summed E-state index contributed by atoms with van der Waals surface area (Å²) in [5, 5.41) is 5.62. The van der Waals surface area contributed by atoms with Crippen LogP contribution in [0.1, 0.15) is 35.7 Å². The predicted octanol–water partition coefficient (Wildman–Crippen LogP) is 6.58. The van der Waals surface area contributed by atoms with E-state index in [1.54, 1.807) is 42.9 Å². The highest BCUT2D eigenvalue weighted by atomic mass is 35.5. The lowest BCUT2D eigenvalue weighted by Gasteiger charge is -2.24. The topological polar surface area (TPSA) is 59.0 Å². The van der Waals surface area contributed by atoms with Crippen LogP contribution in [0, 0.1) is 0 Å². The van der Waals surface area contributed by atoms with Crippen LogP contribution in [0.4, 0.5) is 18.9 Å². The van der Waals surface area contributed by atoms with Crippen LogP contribution >= 0.6 is 11.6 Å². The molecule has 0 saturated heterocycles. The van der Waals surface area contributed by atoms with Crippen molar-refractivity contribution in [3.63, 3.8) is 0 Å². The summed E-state index contributed by atoms with van der Waals surface area (Å²) in [6.07, 6.45) is 0.538. The number of amides is 1. The number of hydrogen-bond donors (Lipinski definition) is 2. The third-order valence-corrected chi connectivity index (χ3v) is 5.79. The van der Waals surface area contributed by atoms with E-state index < -0.39 is 23.7 Å². The lowest BCUT2D eigenvalue weighted by Crippen LogP contribution is -2.35. The first kappa shape index (κ1) is 24.5. The molecule has 180 valence electrons. The van der Waals surface area contributed by atoms with Crippen LogP contribution in [0.5, 0.6) is 0 Å². The highest BCUT2D eigenvalue weighted by Gasteiger charge is 2.35. The van der Waals surface area contributed by atoms with Crippen LogP contribution in [-0.4, -0.2) is 15.5 Å². The van der Waals surface area contributed by atoms with E-state index in [2.05, 4.69) is 15.6 Å². The molecule has 1 heterocycles. The summed E-state index contributed by atoms with van der Waals surface area (Å²) in [5.41, 5.74) is 1.10. The summed E-state index contributed by atoms with van der Waals surface area (Å²) >= 11 is 5.77. The number of anilines is 1. The van der Waals surface area contributed by atoms with Gasteiger partial charge in [0.05, 0.1) is 17.6 Å². The van der Waals surface area contributed by atoms with Crippen LogP contribution in [0.3, 0.4) is 0 Å². The lowest BCUT2D eigenvalue weighted by molar-refractivity contribution is -0.137. The monoisotopic (exact) mass is 498 g/mol. The van der Waals surface area contributed by atoms with Gasteiger partial charge >= 0.3 is 6.18 Å². The standard InChI is InChI=1S/C26H22ClF3N4O/c1-17(18-7-10-21(11-8-18)34-14-13-31-16-34)32-24(19-5-3-2-4-6-19)25(35)33-23-12-9-20(27)15-22(23)26(28,29)30/h2-17,24,32H,1H3,(H,33,35)/t17-,24-/m1/s1. The van der Waals surface area contributed by atoms with Crippen molar-refractivity contribution in [2.45, 2.75) is 25.2 Å². The van der Waals surface area contributed by atoms with Gasteiger partial charge in [-0.05, 0) is 48.4 Å². The zero-order valence-electron chi connectivity index (χ0n) is 18.6. The van der Waals surface area contributed by atoms with Crippen LogP contribution < -0.4 is 10.6 Å². The molecule has 0 saturated carbocycles. The predicted molar refractivity (Wildman–Crippen MR) is 129 cm³/mol. The van der Waals surface area contributed by atoms with E-state index in [0.29, 0.717) is 5.56 Å². The average Bonchev–Trinajstić information content (AvgIpc) is 3.38. The second-order valence-electron chi connectivity index (χ2n) is 7.97. The molecule has 0 aliphatic rings. The maximum absolute atomic E-state index is 13.5. The first-order chi connectivity index (χ1) is 16.7. The highest BCUT2D eigenvalue weighted by molar-refractivity contribution is 6.30. The first-order valence-corrected chi connectivity index (χ1v) is 11.2. The Kier molecular flexibility index (Phi) is 7.23. The molecule has 0 aliphatic carbocycles. The summed E-state index contributed by atoms with van der Waals surface area (Å²) in [4.78, 5) is 17.3. The minimum Gasteiger partial charge on any atom is -0.324 e. The van der Waals surface area contributed by atoms with Crippen molar-refractivity contribution in [1.29, 1.82) is 0 Å². The molecule has 0 fully saturated rings. The fourth-order valence-electron chi connectivity index (χ4n) is 3.73. The molecule has 0 aliphatic heterocycles. The average molecular weight is 499 g/mol. The lowest BCUT2D eigenvalue weighted by atomic mass is 10.0. The molecular formula is C26H22ClF3N4O. The van der Waals surface area contributed by atoms with E-state index >= 15 is 0 Å². The summed E-state index contributed by atoms with van der Waals surface area (Å²) in [7, 11) is 0. The normalized spacial score (nSPS) is 13.3. The number of nitrogens with one attached hydrogen (secondary N) is 2. The zero-order chi connectivity index (χ0) is 25.0. The SMILES string of the molecule is C[C@@H](N[C@@H](C(=O)Nc1ccc(Cl)cc1C(F)(F)F)c1ccccc1)c1ccc(-n2ccnc2)cc1. The molecule has 0 radical (unpaired) electrons. The summed E-state index contributed by atoms with van der Waals surface area (Å²) in [6.45, 7) is 1.89. The summed E-state index contributed by atoms with van der Waals surface area (Å²) in [6, 6.07) is 18.6. The molecule has 1 amide bonds. The van der Waals surface area contributed by atoms with Gasteiger partial charge < -0.3 is 9.88 Å². The number of halogens is 4. The van der Waals surface area contributed by atoms with Crippen molar-refractivity contribution in [1.82, 2.24) is 14.9 Å². The van der Waals surface area contributed by atoms with Gasteiger partial charge in [0, 0.05) is 29.1 Å². The van der Waals surface area contributed by atoms with Gasteiger partial charge in [-0.1, -0.05) is 54.1 Å². The molecule has 5 nitrogen and oxygen atoms in total. The molecule has 4 rings (SSSR count). The highest BCUT2D eigenvalue weighted by Crippen LogP contribution is 2.37. The minimum absolute atomic E-state index is 0.0687. The first-order valence-electron chi connectivity index (χ1n) is 10.8. The molecule has 4 aromatic rings. The molecule has 2 N–H and O–H groups in total. The fraction of sp³-hybridized carbons (Fsp3) is 0.154. The quantitative estimate of drug-likeness (QED) is 0.303. The number of aromatic nitrogens is 2. The van der Waals surface area contributed by atoms with E-state index in [1.165, 1.54) is 6.07 Å². The molecule has 0 spiro atoms. The Labute approximate surface area is 205 Å². The molecule has 2 atom stereocenters. The van der Waals surface area contributed by atoms with Crippen LogP contribution in [0.2, 0.25) is 5.02 Å². The Morgan fingerprint density at radius 1 is 1.00 bits per heavy atom. The van der Waals surface area contributed by atoms with Gasteiger partial charge in [0.2, 0.25) is 5.91 Å². The van der Waals surface area contributed by atoms with Crippen molar-refractivity contribution < 1.29 is 18.0 Å². The van der Waals surface area contributed by atoms with E-state index in [4.69, 9.17) is 11.6 Å². The number of carbonyl (C=O) groups is 1. The summed E-state index contributed by atoms with van der Waals surface area (Å²) < 4.78 is 42.5. The fourth-order valence-corrected chi connectivity index (χ4v) is 3.90. The number of hydrogen-bond acceptors (Lipinski definition) is 3. The number of imidazole rings is 1. The van der Waals surface area contributed by atoms with Crippen molar-refractivity contribution in [3.05, 3.63) is 113 Å². The zero-order valence-corrected chi connectivity index (χ0v) is 19.4. The van der Waals surface area contributed by atoms with E-state index in [1.807, 2.05) is 42.0 Å². The number of alkyl halides is 3. The number of benzene rings is 3. The third-order valence-electron chi connectivity index (χ3n) is 5.55. The van der Waals surface area contributed by atoms with Crippen molar-refractivity contribution in [2.75, 3.05) is 5.32 Å². The smallest absolute Gasteiger partial charge is 0.324 e. The Bertz CT molecular complexity index is 1280. The van der Waals surface area contributed by atoms with E-state index in [9.17, 15) is 18.0 Å². The van der Waals surface area contributed by atoms with Gasteiger partial charge in [-0.15, -0.1) is 0 Å². The van der Waals surface area contributed by atoms with E-state index in [0.717, 1.165) is 23.4 Å². The Balaban J connectivity index is 1.58. The van der Waals surface area contributed by atoms with Crippen molar-refractivity contribution in [3.8, 4) is 5.69 Å². The van der Waals surface area contributed by atoms with Gasteiger partial charge in [0.1, 0.15) is 6.04 Å². The number of rotatable bonds is 7. The number of carbonyl (C=O) groups excluding carboxylic acids is 1. The molecule has 0 unspecified atom stereocenters. The van der Waals surface area contributed by atoms with Gasteiger partial charge in [0.25, 0.3) is 0 Å². The Morgan fingerprint density at radius 3 is 2.34 bits per heavy atom. The van der Waals surface area contributed by atoms with E-state index in [-0.39, 0.29) is 16.8 Å². The van der Waals surface area contributed by atoms with Gasteiger partial charge in [-0.2, -0.15) is 13.2 Å². The molecule has 1 aromatic heterocycles. The van der Waals surface area contributed by atoms with Crippen molar-refractivity contribution in [2.24, 2.45) is 0 Å². The maximum Gasteiger partial charge on any atom is 0.418 e. The molecule has 3 aromatic carbocycles. The van der Waals surface area contributed by atoms with Crippen molar-refractivity contribution >= 4 is 23.2 Å². The minimum atomic E-state index is -4.67. The van der Waals surface area contributed by atoms with Crippen LogP contribution in [0.15, 0.2) is 91.5 Å². The molecule has 9 heteroatoms. The second-order valence-corrected chi connectivity index (χ2v) is 8.41. The second kappa shape index (κ2) is 10.3. The van der Waals surface area contributed by atoms with Crippen LogP contribution in [-0.2, 0) is 11.0 Å². The van der Waals surface area contributed by atoms with Gasteiger partial charge in [0.15, 0.2) is 0 Å².